The summed E-state index contributed by atoms with van der Waals surface area (Å²) in [5, 5.41) is 24.9. The molecule has 2 aliphatic heterocycles. The number of para-hydroxylation sites is 1. The summed E-state index contributed by atoms with van der Waals surface area (Å²) < 4.78 is 24.2. The molecule has 0 spiro atoms. The summed E-state index contributed by atoms with van der Waals surface area (Å²) in [7, 11) is 1.58. The highest BCUT2D eigenvalue weighted by Gasteiger charge is 2.36. The average molecular weight is 1470 g/mol. The minimum atomic E-state index is -0.992. The number of urea groups is 1. The number of rotatable bonds is 36. The van der Waals surface area contributed by atoms with E-state index in [0.717, 1.165) is 79.6 Å². The van der Waals surface area contributed by atoms with Gasteiger partial charge < -0.3 is 60.0 Å². The van der Waals surface area contributed by atoms with Gasteiger partial charge in [-0.2, -0.15) is 0 Å². The molecule has 0 saturated carbocycles. The number of piperazine rings is 1. The fourth-order valence-electron chi connectivity index (χ4n) is 13.6. The quantitative estimate of drug-likeness (QED) is 0.0181. The van der Waals surface area contributed by atoms with E-state index in [1.165, 1.54) is 0 Å². The first-order chi connectivity index (χ1) is 51.1. The van der Waals surface area contributed by atoms with Gasteiger partial charge in [-0.25, -0.2) is 4.79 Å². The zero-order valence-corrected chi connectivity index (χ0v) is 63.4. The number of nitrogens with one attached hydrogen (secondary N) is 4. The summed E-state index contributed by atoms with van der Waals surface area (Å²) in [4.78, 5) is 114. The van der Waals surface area contributed by atoms with Crippen molar-refractivity contribution < 1.29 is 62.4 Å². The molecular weight excluding hydrogens is 1370 g/mol. The lowest BCUT2D eigenvalue weighted by Crippen LogP contribution is -2.59. The highest BCUT2D eigenvalue weighted by molar-refractivity contribution is 6.30. The van der Waals surface area contributed by atoms with Crippen molar-refractivity contribution in [3.63, 3.8) is 0 Å². The highest BCUT2D eigenvalue weighted by Crippen LogP contribution is 2.32. The summed E-state index contributed by atoms with van der Waals surface area (Å²) in [6.45, 7) is 20.8. The number of halogens is 1. The molecule has 5 atom stereocenters. The Kier molecular flexibility index (Phi) is 32.4. The molecule has 3 heterocycles. The number of nitrogens with zero attached hydrogens (tertiary/aromatic N) is 5. The van der Waals surface area contributed by atoms with E-state index in [0.29, 0.717) is 96.4 Å². The molecule has 6 aromatic carbocycles. The average Bonchev–Trinajstić information content (AvgIpc) is 1.60. The third-order valence-electron chi connectivity index (χ3n) is 19.2. The van der Waals surface area contributed by atoms with Crippen LogP contribution in [0.15, 0.2) is 152 Å². The van der Waals surface area contributed by atoms with E-state index < -0.39 is 36.2 Å². The number of aromatic nitrogens is 1. The van der Waals surface area contributed by atoms with Gasteiger partial charge in [0.05, 0.1) is 37.8 Å². The number of carbonyl (C=O) groups is 8. The number of ether oxygens (including phenoxy) is 4. The monoisotopic (exact) mass is 1470 g/mol. The number of carbonyl (C=O) groups excluding carboxylic acids is 8. The van der Waals surface area contributed by atoms with E-state index in [-0.39, 0.29) is 93.0 Å². The number of amides is 6. The predicted octanol–water partition coefficient (Wildman–Crippen LogP) is 10.5. The molecule has 0 bridgehead atoms. The summed E-state index contributed by atoms with van der Waals surface area (Å²) in [5.41, 5.74) is 6.82. The fourth-order valence-corrected chi connectivity index (χ4v) is 13.7. The van der Waals surface area contributed by atoms with E-state index in [9.17, 15) is 43.5 Å². The maximum atomic E-state index is 13.8. The molecule has 22 nitrogen and oxygen atoms in total. The maximum Gasteiger partial charge on any atom is 0.318 e. The minimum absolute atomic E-state index is 0.00873. The van der Waals surface area contributed by atoms with Crippen molar-refractivity contribution in [2.45, 2.75) is 143 Å². The lowest BCUT2D eigenvalue weighted by Gasteiger charge is -2.37. The van der Waals surface area contributed by atoms with Crippen molar-refractivity contribution in [1.82, 2.24) is 45.4 Å². The van der Waals surface area contributed by atoms with Gasteiger partial charge in [0.1, 0.15) is 30.2 Å². The summed E-state index contributed by atoms with van der Waals surface area (Å²) >= 11 is 6.05. The van der Waals surface area contributed by atoms with Crippen LogP contribution in [0.5, 0.6) is 11.5 Å². The van der Waals surface area contributed by atoms with Crippen LogP contribution in [0.4, 0.5) is 4.79 Å². The minimum Gasteiger partial charge on any atom is -0.497 e. The SMILES string of the molecule is CCCN(CCC)C(=O)C(CCC(=O)OCCCN1CCN(CCOC(=O)Cc2c(C)n(C(=O)c3ccc(Cl)cc3)c3ccc(OC)cc23)CC1)NC(=O)c1ccccc1.Cc1cccc(C)c1OCC(=O)N[C@@H](Cc1ccccc1)[C@@H](O)C[C@H](Cc1ccccc1)NC(=O)[C@H](C(C)C)N1CCCNC1=O. The van der Waals surface area contributed by atoms with Crippen molar-refractivity contribution in [3.8, 4) is 11.5 Å². The number of hydrogen-bond donors (Lipinski definition) is 5. The Hall–Kier alpha value is -9.61. The first-order valence-electron chi connectivity index (χ1n) is 37.1. The first-order valence-corrected chi connectivity index (χ1v) is 37.5. The summed E-state index contributed by atoms with van der Waals surface area (Å²) in [6, 6.07) is 43.4. The number of methoxy groups -OCH3 is 1. The molecule has 1 unspecified atom stereocenters. The van der Waals surface area contributed by atoms with E-state index >= 15 is 0 Å². The topological polar surface area (TPSA) is 260 Å². The van der Waals surface area contributed by atoms with Crippen LogP contribution >= 0.6 is 11.6 Å². The molecular formula is C83H106ClN9O13. The van der Waals surface area contributed by atoms with E-state index in [4.69, 9.17) is 30.5 Å². The molecule has 568 valence electrons. The molecule has 1 aromatic heterocycles. The largest absolute Gasteiger partial charge is 0.497 e. The Balaban J connectivity index is 0.000000277. The lowest BCUT2D eigenvalue weighted by molar-refractivity contribution is -0.144. The van der Waals surface area contributed by atoms with Crippen molar-refractivity contribution >= 4 is 70.0 Å². The van der Waals surface area contributed by atoms with Gasteiger partial charge >= 0.3 is 18.0 Å². The van der Waals surface area contributed by atoms with Crippen molar-refractivity contribution in [2.75, 3.05) is 92.4 Å². The third kappa shape index (κ3) is 24.5. The van der Waals surface area contributed by atoms with Crippen LogP contribution in [-0.4, -0.2) is 199 Å². The molecule has 23 heteroatoms. The molecule has 2 fully saturated rings. The van der Waals surface area contributed by atoms with Gasteiger partial charge in [-0.1, -0.05) is 136 Å². The van der Waals surface area contributed by atoms with E-state index in [1.54, 1.807) is 76.1 Å². The van der Waals surface area contributed by atoms with Crippen LogP contribution in [-0.2, 0) is 52.7 Å². The van der Waals surface area contributed by atoms with Crippen LogP contribution in [0, 0.1) is 26.7 Å². The number of esters is 2. The number of aliphatic hydroxyl groups excluding tert-OH is 1. The molecule has 5 N–H and O–H groups in total. The van der Waals surface area contributed by atoms with Gasteiger partial charge in [0, 0.05) is 105 Å². The standard InChI is InChI=1S/C46H58ClN5O8.C37H48N4O5/c1-5-21-51(22-6-2)46(57)40(48-44(55)34-11-8-7-9-12-34)18-20-42(53)59-29-10-23-49-24-26-50(27-25-49)28-30-60-43(54)32-38-33(3)52(41-19-17-37(58-4)31-39(38)41)45(56)35-13-15-36(47)16-14-35;1-25(2)34(41-20-12-19-38-37(41)45)36(44)39-30(21-28-15-7-5-8-16-28)23-32(42)31(22-29-17-9-6-10-18-29)40-33(43)24-46-35-26(3)13-11-14-27(35)4/h7-9,11-17,19,31,40H,5-6,10,18,20-30,32H2,1-4H3,(H,48,55);5-11,13-18,25,30-32,34,42H,12,19-24H2,1-4H3,(H,38,45)(H,39,44)(H,40,43)/t;30-,31-,32-,34-/m.0/s1. The number of aryl methyl sites for hydroxylation is 2. The van der Waals surface area contributed by atoms with Crippen LogP contribution in [0.1, 0.15) is 127 Å². The predicted molar refractivity (Wildman–Crippen MR) is 411 cm³/mol. The third-order valence-corrected chi connectivity index (χ3v) is 19.4. The zero-order chi connectivity index (χ0) is 76.1. The molecule has 0 aliphatic carbocycles. The second kappa shape index (κ2) is 41.9. The molecule has 9 rings (SSSR count). The smallest absolute Gasteiger partial charge is 0.318 e. The Labute approximate surface area is 628 Å². The van der Waals surface area contributed by atoms with Crippen LogP contribution < -0.4 is 30.7 Å². The van der Waals surface area contributed by atoms with Crippen LogP contribution in [0.2, 0.25) is 5.02 Å². The fraction of sp³-hybridized carbons (Fsp3) is 0.446. The van der Waals surface area contributed by atoms with Gasteiger partial charge in [0.25, 0.3) is 17.7 Å². The number of aliphatic hydroxyl groups is 1. The first kappa shape index (κ1) is 82.1. The molecule has 106 heavy (non-hydrogen) atoms. The van der Waals surface area contributed by atoms with Crippen LogP contribution in [0.3, 0.4) is 0 Å². The Morgan fingerprint density at radius 1 is 0.679 bits per heavy atom. The molecule has 6 amide bonds. The van der Waals surface area contributed by atoms with E-state index in [2.05, 4.69) is 31.1 Å². The van der Waals surface area contributed by atoms with Crippen molar-refractivity contribution in [2.24, 2.45) is 5.92 Å². The number of fused-ring (bicyclic) bond motifs is 1. The van der Waals surface area contributed by atoms with E-state index in [1.807, 2.05) is 146 Å². The molecule has 2 aliphatic rings. The Bertz CT molecular complexity index is 3980. The second-order valence-corrected chi connectivity index (χ2v) is 28.0. The van der Waals surface area contributed by atoms with Gasteiger partial charge in [-0.3, -0.25) is 43.0 Å². The van der Waals surface area contributed by atoms with Gasteiger partial charge in [-0.15, -0.1) is 0 Å². The van der Waals surface area contributed by atoms with Gasteiger partial charge in [0.2, 0.25) is 11.8 Å². The van der Waals surface area contributed by atoms with Crippen molar-refractivity contribution in [1.29, 1.82) is 0 Å². The molecule has 2 saturated heterocycles. The number of benzene rings is 6. The van der Waals surface area contributed by atoms with Crippen LogP contribution in [0.25, 0.3) is 10.9 Å². The second-order valence-electron chi connectivity index (χ2n) is 27.5. The number of hydrogen-bond acceptors (Lipinski definition) is 15. The zero-order valence-electron chi connectivity index (χ0n) is 62.6. The van der Waals surface area contributed by atoms with Gasteiger partial charge in [0.15, 0.2) is 6.61 Å². The maximum absolute atomic E-state index is 13.8. The van der Waals surface area contributed by atoms with Crippen molar-refractivity contribution in [3.05, 3.63) is 201 Å². The van der Waals surface area contributed by atoms with Gasteiger partial charge in [-0.05, 0) is 160 Å². The Morgan fingerprint density at radius 2 is 1.29 bits per heavy atom. The molecule has 0 radical (unpaired) electrons. The summed E-state index contributed by atoms with van der Waals surface area (Å²) in [6.07, 6.45) is 3.27. The summed E-state index contributed by atoms with van der Waals surface area (Å²) in [5.74, 6) is -0.959. The normalized spacial score (nSPS) is 14.6. The highest BCUT2D eigenvalue weighted by atomic mass is 35.5. The molecule has 7 aromatic rings. The Morgan fingerprint density at radius 3 is 1.91 bits per heavy atom. The lowest BCUT2D eigenvalue weighted by atomic mass is 9.92.